The lowest BCUT2D eigenvalue weighted by Gasteiger charge is -2.23. The molecule has 1 saturated heterocycles. The van der Waals surface area contributed by atoms with E-state index in [1.807, 2.05) is 0 Å². The van der Waals surface area contributed by atoms with Crippen molar-refractivity contribution in [3.63, 3.8) is 0 Å². The molecule has 0 saturated carbocycles. The average molecular weight is 231 g/mol. The molecule has 6 heteroatoms. The zero-order valence-electron chi connectivity index (χ0n) is 8.10. The predicted molar refractivity (Wildman–Crippen MR) is 48.0 cm³/mol. The highest BCUT2D eigenvalue weighted by atomic mass is 19.2. The number of halogens is 3. The van der Waals surface area contributed by atoms with Gasteiger partial charge in [0, 0.05) is 12.1 Å². The Bertz CT molecular complexity index is 426. The highest BCUT2D eigenvalue weighted by molar-refractivity contribution is 5.77. The molecule has 3 nitrogen and oxygen atoms in total. The van der Waals surface area contributed by atoms with Crippen LogP contribution < -0.4 is 5.32 Å². The van der Waals surface area contributed by atoms with Crippen LogP contribution in [0.4, 0.5) is 13.2 Å². The molecule has 0 bridgehead atoms. The average Bonchev–Trinajstić information content (AvgIpc) is 2.28. The van der Waals surface area contributed by atoms with Crippen molar-refractivity contribution in [2.24, 2.45) is 0 Å². The van der Waals surface area contributed by atoms with Crippen LogP contribution in [0.15, 0.2) is 12.1 Å². The molecule has 1 fully saturated rings. The third kappa shape index (κ3) is 1.88. The summed E-state index contributed by atoms with van der Waals surface area (Å²) in [6.45, 7) is -0.177. The van der Waals surface area contributed by atoms with Crippen molar-refractivity contribution in [3.05, 3.63) is 35.1 Å². The quantitative estimate of drug-likeness (QED) is 0.739. The third-order valence-corrected chi connectivity index (χ3v) is 2.31. The number of amides is 1. The molecular weight excluding hydrogens is 223 g/mol. The summed E-state index contributed by atoms with van der Waals surface area (Å²) < 4.78 is 43.9. The zero-order valence-corrected chi connectivity index (χ0v) is 8.10. The first-order chi connectivity index (χ1) is 7.59. The Morgan fingerprint density at radius 1 is 1.25 bits per heavy atom. The van der Waals surface area contributed by atoms with Crippen molar-refractivity contribution < 1.29 is 22.7 Å². The molecule has 0 radical (unpaired) electrons. The minimum atomic E-state index is -1.53. The van der Waals surface area contributed by atoms with E-state index >= 15 is 0 Å². The summed E-state index contributed by atoms with van der Waals surface area (Å²) in [5, 5.41) is 2.45. The number of hydrogen-bond donors (Lipinski definition) is 1. The second-order valence-electron chi connectivity index (χ2n) is 3.37. The van der Waals surface area contributed by atoms with E-state index in [1.54, 1.807) is 0 Å². The van der Waals surface area contributed by atoms with Gasteiger partial charge in [0.05, 0.1) is 0 Å². The Kier molecular flexibility index (Phi) is 2.82. The van der Waals surface area contributed by atoms with Crippen LogP contribution in [-0.4, -0.2) is 19.1 Å². The van der Waals surface area contributed by atoms with E-state index in [-0.39, 0.29) is 24.6 Å². The van der Waals surface area contributed by atoms with Crippen LogP contribution in [-0.2, 0) is 9.53 Å². The van der Waals surface area contributed by atoms with Crippen LogP contribution in [0.1, 0.15) is 11.7 Å². The molecule has 1 aromatic carbocycles. The van der Waals surface area contributed by atoms with Gasteiger partial charge in [0.15, 0.2) is 17.5 Å². The van der Waals surface area contributed by atoms with Crippen molar-refractivity contribution in [3.8, 4) is 0 Å². The van der Waals surface area contributed by atoms with Gasteiger partial charge in [-0.2, -0.15) is 0 Å². The van der Waals surface area contributed by atoms with Gasteiger partial charge in [0.1, 0.15) is 12.7 Å². The summed E-state index contributed by atoms with van der Waals surface area (Å²) in [5.41, 5.74) is -0.0982. The van der Waals surface area contributed by atoms with Crippen molar-refractivity contribution in [1.29, 1.82) is 0 Å². The van der Waals surface area contributed by atoms with Crippen LogP contribution in [0.25, 0.3) is 0 Å². The maximum Gasteiger partial charge on any atom is 0.246 e. The highest BCUT2D eigenvalue weighted by Gasteiger charge is 2.25. The number of benzene rings is 1. The Balaban J connectivity index is 2.27. The second-order valence-corrected chi connectivity index (χ2v) is 3.37. The molecule has 1 aliphatic rings. The van der Waals surface area contributed by atoms with E-state index in [1.165, 1.54) is 0 Å². The molecule has 1 N–H and O–H groups in total. The fourth-order valence-corrected chi connectivity index (χ4v) is 1.48. The Morgan fingerprint density at radius 3 is 2.62 bits per heavy atom. The first-order valence-electron chi connectivity index (χ1n) is 4.61. The van der Waals surface area contributed by atoms with Gasteiger partial charge in [-0.3, -0.25) is 4.79 Å². The third-order valence-electron chi connectivity index (χ3n) is 2.31. The maximum atomic E-state index is 13.3. The van der Waals surface area contributed by atoms with Crippen LogP contribution in [0.5, 0.6) is 0 Å². The van der Waals surface area contributed by atoms with Gasteiger partial charge in [-0.15, -0.1) is 0 Å². The number of carbonyl (C=O) groups excluding carboxylic acids is 1. The lowest BCUT2D eigenvalue weighted by molar-refractivity contribution is -0.133. The summed E-state index contributed by atoms with van der Waals surface area (Å²) in [7, 11) is 0. The molecule has 1 aliphatic heterocycles. The molecule has 1 aromatic rings. The number of rotatable bonds is 1. The van der Waals surface area contributed by atoms with E-state index in [0.29, 0.717) is 0 Å². The Labute approximate surface area is 89.2 Å². The monoisotopic (exact) mass is 231 g/mol. The molecule has 2 rings (SSSR count). The summed E-state index contributed by atoms with van der Waals surface area (Å²) in [6, 6.07) is 1.93. The van der Waals surface area contributed by atoms with Gasteiger partial charge in [0.2, 0.25) is 5.91 Å². The van der Waals surface area contributed by atoms with Crippen molar-refractivity contribution in [1.82, 2.24) is 5.32 Å². The van der Waals surface area contributed by atoms with E-state index in [9.17, 15) is 18.0 Å². The van der Waals surface area contributed by atoms with Gasteiger partial charge in [-0.05, 0) is 6.07 Å². The first kappa shape index (κ1) is 10.9. The zero-order chi connectivity index (χ0) is 11.7. The van der Waals surface area contributed by atoms with Gasteiger partial charge < -0.3 is 10.1 Å². The summed E-state index contributed by atoms with van der Waals surface area (Å²) >= 11 is 0. The molecule has 1 heterocycles. The Morgan fingerprint density at radius 2 is 2.00 bits per heavy atom. The van der Waals surface area contributed by atoms with Crippen molar-refractivity contribution in [2.45, 2.75) is 6.10 Å². The molecule has 0 spiro atoms. The lowest BCUT2D eigenvalue weighted by Crippen LogP contribution is -2.39. The van der Waals surface area contributed by atoms with Gasteiger partial charge in [-0.25, -0.2) is 13.2 Å². The van der Waals surface area contributed by atoms with E-state index in [4.69, 9.17) is 4.74 Å². The number of nitrogens with one attached hydrogen (secondary N) is 1. The van der Waals surface area contributed by atoms with Crippen LogP contribution in [0.3, 0.4) is 0 Å². The molecule has 16 heavy (non-hydrogen) atoms. The number of ether oxygens (including phenoxy) is 1. The van der Waals surface area contributed by atoms with Crippen molar-refractivity contribution in [2.75, 3.05) is 13.2 Å². The summed E-state index contributed by atoms with van der Waals surface area (Å²) in [4.78, 5) is 10.8. The lowest BCUT2D eigenvalue weighted by atomic mass is 10.1. The molecule has 86 valence electrons. The van der Waals surface area contributed by atoms with Crippen LogP contribution >= 0.6 is 0 Å². The fraction of sp³-hybridized carbons (Fsp3) is 0.300. The number of hydrogen-bond acceptors (Lipinski definition) is 2. The largest absolute Gasteiger partial charge is 0.362 e. The van der Waals surface area contributed by atoms with E-state index < -0.39 is 23.6 Å². The second kappa shape index (κ2) is 4.13. The summed E-state index contributed by atoms with van der Waals surface area (Å²) in [6.07, 6.45) is -0.784. The smallest absolute Gasteiger partial charge is 0.246 e. The fourth-order valence-electron chi connectivity index (χ4n) is 1.48. The highest BCUT2D eigenvalue weighted by Crippen LogP contribution is 2.24. The standard InChI is InChI=1S/C10H8F3NO2/c11-6-2-1-5(9(12)10(6)13)7-3-14-8(15)4-16-7/h1-2,7H,3-4H2,(H,14,15). The molecule has 0 aromatic heterocycles. The minimum absolute atomic E-state index is 0.0425. The molecule has 1 atom stereocenters. The molecule has 1 amide bonds. The maximum absolute atomic E-state index is 13.3. The molecular formula is C10H8F3NO2. The summed E-state index contributed by atoms with van der Waals surface area (Å²) in [5.74, 6) is -4.38. The SMILES string of the molecule is O=C1COC(c2ccc(F)c(F)c2F)CN1. The van der Waals surface area contributed by atoms with Crippen molar-refractivity contribution >= 4 is 5.91 Å². The topological polar surface area (TPSA) is 38.3 Å². The number of carbonyl (C=O) groups is 1. The van der Waals surface area contributed by atoms with E-state index in [2.05, 4.69) is 5.32 Å². The van der Waals surface area contributed by atoms with Gasteiger partial charge >= 0.3 is 0 Å². The van der Waals surface area contributed by atoms with E-state index in [0.717, 1.165) is 12.1 Å². The van der Waals surface area contributed by atoms with Gasteiger partial charge in [0.25, 0.3) is 0 Å². The predicted octanol–water partition coefficient (Wildman–Crippen LogP) is 1.29. The number of morpholine rings is 1. The first-order valence-corrected chi connectivity index (χ1v) is 4.61. The van der Waals surface area contributed by atoms with Crippen LogP contribution in [0, 0.1) is 17.5 Å². The molecule has 1 unspecified atom stereocenters. The minimum Gasteiger partial charge on any atom is -0.362 e. The van der Waals surface area contributed by atoms with Gasteiger partial charge in [-0.1, -0.05) is 6.07 Å². The Hall–Kier alpha value is -1.56. The molecule has 0 aliphatic carbocycles. The van der Waals surface area contributed by atoms with Crippen LogP contribution in [0.2, 0.25) is 0 Å². The normalized spacial score (nSPS) is 20.7.